The van der Waals surface area contributed by atoms with Gasteiger partial charge in [0.2, 0.25) is 0 Å². The highest BCUT2D eigenvalue weighted by Gasteiger charge is 2.54. The molecular weight excluding hydrogens is 613 g/mol. The Labute approximate surface area is 270 Å². The molecule has 0 radical (unpaired) electrons. The second kappa shape index (κ2) is 11.9. The van der Waals surface area contributed by atoms with E-state index >= 15 is 0 Å². The molecule has 2 aromatic heterocycles. The summed E-state index contributed by atoms with van der Waals surface area (Å²) in [5.41, 5.74) is 0.113. The number of carbonyl (C=O) groups is 1. The molecule has 4 aliphatic rings. The van der Waals surface area contributed by atoms with E-state index < -0.39 is 23.1 Å². The third-order valence-corrected chi connectivity index (χ3v) is 10.5. The number of nitriles is 1. The van der Waals surface area contributed by atoms with Gasteiger partial charge in [0.1, 0.15) is 23.8 Å². The number of piperidine rings is 1. The number of benzene rings is 1. The van der Waals surface area contributed by atoms with Crippen molar-refractivity contribution < 1.29 is 27.8 Å². The molecule has 1 aromatic carbocycles. The molecule has 1 amide bonds. The van der Waals surface area contributed by atoms with E-state index in [1.54, 1.807) is 18.5 Å². The van der Waals surface area contributed by atoms with Crippen LogP contribution >= 0.6 is 0 Å². The first kappa shape index (κ1) is 31.5. The SMILES string of the molecule is Cn1cnnc1CC1(c2cc(NCCC#N)nc(N3Cc4c(cc(CN5CCC6(CC5)CC6CO)cc4C(F)(F)F)C3=O)c2)COC1. The Hall–Kier alpha value is -4.06. The molecule has 1 atom stereocenters. The Morgan fingerprint density at radius 2 is 1.98 bits per heavy atom. The van der Waals surface area contributed by atoms with Crippen molar-refractivity contribution in [2.45, 2.75) is 56.8 Å². The number of aromatic nitrogens is 4. The lowest BCUT2D eigenvalue weighted by Crippen LogP contribution is -2.49. The van der Waals surface area contributed by atoms with E-state index in [2.05, 4.69) is 31.5 Å². The topological polar surface area (TPSA) is 132 Å². The number of rotatable bonds is 10. The first-order valence-corrected chi connectivity index (χ1v) is 16.0. The number of aryl methyl sites for hydroxylation is 1. The molecule has 3 aromatic rings. The Morgan fingerprint density at radius 1 is 1.19 bits per heavy atom. The van der Waals surface area contributed by atoms with Crippen LogP contribution in [0.3, 0.4) is 0 Å². The summed E-state index contributed by atoms with van der Waals surface area (Å²) < 4.78 is 51.1. The number of fused-ring (bicyclic) bond motifs is 1. The summed E-state index contributed by atoms with van der Waals surface area (Å²) in [6.45, 7) is 2.80. The molecule has 248 valence electrons. The zero-order valence-corrected chi connectivity index (χ0v) is 26.2. The predicted molar refractivity (Wildman–Crippen MR) is 164 cm³/mol. The highest BCUT2D eigenvalue weighted by atomic mass is 19.4. The third-order valence-electron chi connectivity index (χ3n) is 10.5. The number of carbonyl (C=O) groups excluding carboxylic acids is 1. The largest absolute Gasteiger partial charge is 0.416 e. The quantitative estimate of drug-likeness (QED) is 0.315. The van der Waals surface area contributed by atoms with Crippen molar-refractivity contribution in [1.29, 1.82) is 5.26 Å². The molecule has 47 heavy (non-hydrogen) atoms. The summed E-state index contributed by atoms with van der Waals surface area (Å²) >= 11 is 0. The van der Waals surface area contributed by atoms with Gasteiger partial charge in [-0.15, -0.1) is 10.2 Å². The maximum Gasteiger partial charge on any atom is 0.416 e. The van der Waals surface area contributed by atoms with Crippen LogP contribution in [0.4, 0.5) is 24.8 Å². The standard InChI is InChI=1S/C33H37F3N8O3/c1-42-20-39-41-29(42)14-32(18-47-19-32)22-11-27(38-6-2-5-37)40-28(12-22)44-16-25-24(30(44)46)9-21(10-26(25)33(34,35)36)15-43-7-3-31(4-8-43)13-23(31)17-45/h9-12,20,23,45H,2-4,6-8,13-19H2,1H3,(H,38,40). The van der Waals surface area contributed by atoms with Gasteiger partial charge in [0.15, 0.2) is 0 Å². The maximum absolute atomic E-state index is 14.5. The number of ether oxygens (including phenoxy) is 1. The zero-order valence-electron chi connectivity index (χ0n) is 26.2. The highest BCUT2D eigenvalue weighted by molar-refractivity contribution is 6.10. The molecule has 2 saturated heterocycles. The van der Waals surface area contributed by atoms with Crippen molar-refractivity contribution in [3.05, 3.63) is 64.2 Å². The van der Waals surface area contributed by atoms with Crippen molar-refractivity contribution in [2.24, 2.45) is 18.4 Å². The lowest BCUT2D eigenvalue weighted by molar-refractivity contribution is -0.138. The maximum atomic E-state index is 14.5. The number of hydrogen-bond acceptors (Lipinski definition) is 9. The van der Waals surface area contributed by atoms with Crippen LogP contribution in [-0.2, 0) is 42.9 Å². The van der Waals surface area contributed by atoms with Gasteiger partial charge in [0.05, 0.1) is 37.8 Å². The minimum atomic E-state index is -4.65. The van der Waals surface area contributed by atoms with Gasteiger partial charge in [0, 0.05) is 44.1 Å². The van der Waals surface area contributed by atoms with Gasteiger partial charge in [-0.25, -0.2) is 4.98 Å². The van der Waals surface area contributed by atoms with Gasteiger partial charge in [-0.05, 0) is 84.6 Å². The molecule has 5 heterocycles. The van der Waals surface area contributed by atoms with Crippen LogP contribution in [-0.4, -0.2) is 75.1 Å². The van der Waals surface area contributed by atoms with Crippen molar-refractivity contribution in [3.63, 3.8) is 0 Å². The first-order valence-electron chi connectivity index (χ1n) is 16.0. The van der Waals surface area contributed by atoms with Crippen molar-refractivity contribution in [1.82, 2.24) is 24.6 Å². The first-order chi connectivity index (χ1) is 22.5. The number of amides is 1. The summed E-state index contributed by atoms with van der Waals surface area (Å²) in [5.74, 6) is 1.18. The van der Waals surface area contributed by atoms with E-state index in [1.165, 1.54) is 11.0 Å². The number of hydrogen-bond donors (Lipinski definition) is 2. The highest BCUT2D eigenvalue weighted by Crippen LogP contribution is 2.59. The Kier molecular flexibility index (Phi) is 7.97. The monoisotopic (exact) mass is 650 g/mol. The van der Waals surface area contributed by atoms with Gasteiger partial charge in [0.25, 0.3) is 5.91 Å². The summed E-state index contributed by atoms with van der Waals surface area (Å²) in [6.07, 6.45) is 0.531. The number of likely N-dealkylation sites (tertiary alicyclic amines) is 1. The van der Waals surface area contributed by atoms with Gasteiger partial charge in [-0.3, -0.25) is 14.6 Å². The average molecular weight is 651 g/mol. The summed E-state index contributed by atoms with van der Waals surface area (Å²) in [7, 11) is 1.85. The molecule has 1 unspecified atom stereocenters. The number of nitrogens with zero attached hydrogens (tertiary/aromatic N) is 7. The minimum Gasteiger partial charge on any atom is -0.396 e. The molecular formula is C33H37F3N8O3. The van der Waals surface area contributed by atoms with Crippen molar-refractivity contribution >= 4 is 17.5 Å². The van der Waals surface area contributed by atoms with Crippen LogP contribution in [0.25, 0.3) is 0 Å². The molecule has 7 rings (SSSR count). The normalized spacial score (nSPS) is 21.4. The van der Waals surface area contributed by atoms with Gasteiger partial charge < -0.3 is 19.7 Å². The van der Waals surface area contributed by atoms with Crippen molar-refractivity contribution in [2.75, 3.05) is 49.7 Å². The second-order valence-electron chi connectivity index (χ2n) is 13.5. The second-order valence-corrected chi connectivity index (χ2v) is 13.5. The number of aliphatic hydroxyl groups is 1. The summed E-state index contributed by atoms with van der Waals surface area (Å²) in [4.78, 5) is 22.1. The smallest absolute Gasteiger partial charge is 0.396 e. The number of nitrogens with one attached hydrogen (secondary N) is 1. The van der Waals surface area contributed by atoms with Crippen LogP contribution in [0.2, 0.25) is 0 Å². The molecule has 3 fully saturated rings. The minimum absolute atomic E-state index is 0.0396. The van der Waals surface area contributed by atoms with Crippen LogP contribution < -0.4 is 10.2 Å². The van der Waals surface area contributed by atoms with E-state index in [1.807, 2.05) is 17.7 Å². The van der Waals surface area contributed by atoms with E-state index in [0.29, 0.717) is 50.0 Å². The van der Waals surface area contributed by atoms with Crippen LogP contribution in [0, 0.1) is 22.7 Å². The van der Waals surface area contributed by atoms with Gasteiger partial charge >= 0.3 is 6.18 Å². The van der Waals surface area contributed by atoms with E-state index in [4.69, 9.17) is 10.00 Å². The molecule has 14 heteroatoms. The third kappa shape index (κ3) is 5.85. The fourth-order valence-electron chi connectivity index (χ4n) is 7.50. The van der Waals surface area contributed by atoms with E-state index in [-0.39, 0.29) is 41.9 Å². The van der Waals surface area contributed by atoms with E-state index in [0.717, 1.165) is 43.7 Å². The Morgan fingerprint density at radius 3 is 2.60 bits per heavy atom. The fourth-order valence-corrected chi connectivity index (χ4v) is 7.50. The Balaban J connectivity index is 1.19. The van der Waals surface area contributed by atoms with Gasteiger partial charge in [-0.1, -0.05) is 0 Å². The number of pyridine rings is 1. The summed E-state index contributed by atoms with van der Waals surface area (Å²) in [6, 6.07) is 8.48. The van der Waals surface area contributed by atoms with E-state index in [9.17, 15) is 23.1 Å². The number of halogens is 3. The average Bonchev–Trinajstić information content (AvgIpc) is 3.37. The molecule has 2 N–H and O–H groups in total. The summed E-state index contributed by atoms with van der Waals surface area (Å²) in [5, 5.41) is 30.0. The predicted octanol–water partition coefficient (Wildman–Crippen LogP) is 3.82. The molecule has 11 nitrogen and oxygen atoms in total. The van der Waals surface area contributed by atoms with Gasteiger partial charge in [-0.2, -0.15) is 18.4 Å². The van der Waals surface area contributed by atoms with Crippen LogP contribution in [0.15, 0.2) is 30.6 Å². The molecule has 0 bridgehead atoms. The lowest BCUT2D eigenvalue weighted by Gasteiger charge is -2.42. The molecule has 3 aliphatic heterocycles. The molecule has 1 saturated carbocycles. The van der Waals surface area contributed by atoms with Crippen molar-refractivity contribution in [3.8, 4) is 6.07 Å². The molecule has 1 aliphatic carbocycles. The number of anilines is 2. The van der Waals surface area contributed by atoms with Crippen LogP contribution in [0.5, 0.6) is 0 Å². The number of alkyl halides is 3. The fraction of sp³-hybridized carbons (Fsp3) is 0.545. The molecule has 1 spiro atoms. The Bertz CT molecular complexity index is 1720. The lowest BCUT2D eigenvalue weighted by atomic mass is 9.75. The van der Waals surface area contributed by atoms with Crippen LogP contribution in [0.1, 0.15) is 64.1 Å². The zero-order chi connectivity index (χ0) is 33.0. The number of aliphatic hydroxyl groups excluding tert-OH is 1.